The van der Waals surface area contributed by atoms with Gasteiger partial charge in [0.05, 0.1) is 5.56 Å². The Morgan fingerprint density at radius 1 is 1.35 bits per heavy atom. The third-order valence-corrected chi connectivity index (χ3v) is 2.57. The molecule has 0 aliphatic heterocycles. The molecule has 106 valence electrons. The first-order valence-electron chi connectivity index (χ1n) is 6.09. The lowest BCUT2D eigenvalue weighted by molar-refractivity contribution is 0.0917. The third kappa shape index (κ3) is 3.39. The summed E-state index contributed by atoms with van der Waals surface area (Å²) in [6, 6.07) is 6.01. The minimum absolute atomic E-state index is 0.0131. The zero-order chi connectivity index (χ0) is 14.5. The number of carbonyl (C=O) groups is 1. The third-order valence-electron chi connectivity index (χ3n) is 2.57. The number of nitrogens with one attached hydrogen (secondary N) is 1. The van der Waals surface area contributed by atoms with Gasteiger partial charge in [-0.1, -0.05) is 12.1 Å². The van der Waals surface area contributed by atoms with Gasteiger partial charge in [-0.3, -0.25) is 4.79 Å². The fourth-order valence-corrected chi connectivity index (χ4v) is 1.53. The van der Waals surface area contributed by atoms with Crippen molar-refractivity contribution in [3.63, 3.8) is 0 Å². The Labute approximate surface area is 115 Å². The number of likely N-dealkylation sites (N-methyl/N-ethyl adjacent to an activating group) is 1. The van der Waals surface area contributed by atoms with E-state index in [-0.39, 0.29) is 17.3 Å². The van der Waals surface area contributed by atoms with E-state index in [1.165, 1.54) is 12.1 Å². The summed E-state index contributed by atoms with van der Waals surface area (Å²) >= 11 is 0. The van der Waals surface area contributed by atoms with Gasteiger partial charge in [-0.05, 0) is 26.2 Å². The van der Waals surface area contributed by atoms with E-state index in [1.54, 1.807) is 12.1 Å². The first kappa shape index (κ1) is 14.1. The van der Waals surface area contributed by atoms with Crippen molar-refractivity contribution in [1.29, 1.82) is 0 Å². The van der Waals surface area contributed by atoms with Crippen molar-refractivity contribution in [2.75, 3.05) is 27.2 Å². The molecule has 0 atom stereocenters. The van der Waals surface area contributed by atoms with Gasteiger partial charge in [0.2, 0.25) is 0 Å². The maximum Gasteiger partial charge on any atom is 0.308 e. The van der Waals surface area contributed by atoms with Crippen LogP contribution in [-0.2, 0) is 0 Å². The number of aromatic nitrogens is 2. The van der Waals surface area contributed by atoms with Gasteiger partial charge < -0.3 is 14.6 Å². The van der Waals surface area contributed by atoms with E-state index in [0.717, 1.165) is 0 Å². The maximum atomic E-state index is 13.5. The summed E-state index contributed by atoms with van der Waals surface area (Å²) in [5.74, 6) is -1.14. The molecule has 1 N–H and O–H groups in total. The number of amides is 1. The highest BCUT2D eigenvalue weighted by Gasteiger charge is 2.17. The number of nitrogens with zero attached hydrogens (tertiary/aromatic N) is 3. The van der Waals surface area contributed by atoms with E-state index in [9.17, 15) is 9.18 Å². The lowest BCUT2D eigenvalue weighted by Gasteiger charge is -2.08. The van der Waals surface area contributed by atoms with Gasteiger partial charge in [-0.2, -0.15) is 0 Å². The van der Waals surface area contributed by atoms with Crippen molar-refractivity contribution in [3.8, 4) is 11.5 Å². The summed E-state index contributed by atoms with van der Waals surface area (Å²) in [4.78, 5) is 13.7. The topological polar surface area (TPSA) is 71.3 Å². The average molecular weight is 278 g/mol. The Balaban J connectivity index is 2.06. The number of rotatable bonds is 5. The van der Waals surface area contributed by atoms with Gasteiger partial charge in [0, 0.05) is 13.1 Å². The lowest BCUT2D eigenvalue weighted by Crippen LogP contribution is -2.31. The van der Waals surface area contributed by atoms with E-state index < -0.39 is 11.7 Å². The highest BCUT2D eigenvalue weighted by molar-refractivity contribution is 5.89. The summed E-state index contributed by atoms with van der Waals surface area (Å²) in [6.07, 6.45) is 0. The monoisotopic (exact) mass is 278 g/mol. The molecule has 0 radical (unpaired) electrons. The van der Waals surface area contributed by atoms with Crippen LogP contribution in [0.2, 0.25) is 0 Å². The van der Waals surface area contributed by atoms with Crippen LogP contribution >= 0.6 is 0 Å². The molecule has 0 bridgehead atoms. The van der Waals surface area contributed by atoms with Crippen LogP contribution in [0.5, 0.6) is 0 Å². The molecule has 0 aliphatic carbocycles. The van der Waals surface area contributed by atoms with Crippen molar-refractivity contribution in [2.45, 2.75) is 0 Å². The number of hydrogen-bond acceptors (Lipinski definition) is 5. The van der Waals surface area contributed by atoms with E-state index in [4.69, 9.17) is 4.42 Å². The van der Waals surface area contributed by atoms with Crippen LogP contribution in [0, 0.1) is 5.82 Å². The molecule has 0 saturated carbocycles. The molecule has 1 heterocycles. The Hall–Kier alpha value is -2.28. The SMILES string of the molecule is CN(C)CCNC(=O)c1nnc(-c2ccccc2F)o1. The van der Waals surface area contributed by atoms with Gasteiger partial charge in [-0.25, -0.2) is 4.39 Å². The summed E-state index contributed by atoms with van der Waals surface area (Å²) in [7, 11) is 3.80. The van der Waals surface area contributed by atoms with Crippen LogP contribution < -0.4 is 5.32 Å². The highest BCUT2D eigenvalue weighted by atomic mass is 19.1. The van der Waals surface area contributed by atoms with Crippen LogP contribution in [0.1, 0.15) is 10.7 Å². The first-order chi connectivity index (χ1) is 9.58. The lowest BCUT2D eigenvalue weighted by atomic mass is 10.2. The molecule has 0 saturated heterocycles. The predicted octanol–water partition coefficient (Wildman–Crippen LogP) is 1.17. The van der Waals surface area contributed by atoms with Gasteiger partial charge >= 0.3 is 11.8 Å². The molecule has 7 heteroatoms. The van der Waals surface area contributed by atoms with Crippen LogP contribution in [0.4, 0.5) is 4.39 Å². The second-order valence-electron chi connectivity index (χ2n) is 4.45. The molecule has 0 aliphatic rings. The average Bonchev–Trinajstić information content (AvgIpc) is 2.88. The van der Waals surface area contributed by atoms with Gasteiger partial charge in [0.25, 0.3) is 5.89 Å². The summed E-state index contributed by atoms with van der Waals surface area (Å²) in [6.45, 7) is 1.16. The van der Waals surface area contributed by atoms with Gasteiger partial charge in [0.1, 0.15) is 5.82 Å². The van der Waals surface area contributed by atoms with Crippen LogP contribution in [-0.4, -0.2) is 48.2 Å². The Kier molecular flexibility index (Phi) is 4.41. The molecule has 1 aromatic carbocycles. The number of hydrogen-bond donors (Lipinski definition) is 1. The highest BCUT2D eigenvalue weighted by Crippen LogP contribution is 2.20. The minimum Gasteiger partial charge on any atom is -0.412 e. The number of benzene rings is 1. The summed E-state index contributed by atoms with van der Waals surface area (Å²) < 4.78 is 18.7. The fraction of sp³-hybridized carbons (Fsp3) is 0.308. The van der Waals surface area contributed by atoms with Crippen molar-refractivity contribution >= 4 is 5.91 Å². The number of carbonyl (C=O) groups excluding carboxylic acids is 1. The van der Waals surface area contributed by atoms with Crippen LogP contribution in [0.15, 0.2) is 28.7 Å². The summed E-state index contributed by atoms with van der Waals surface area (Å²) in [5.41, 5.74) is 0.173. The van der Waals surface area contributed by atoms with Crippen molar-refractivity contribution < 1.29 is 13.6 Å². The van der Waals surface area contributed by atoms with Crippen molar-refractivity contribution in [3.05, 3.63) is 36.0 Å². The molecule has 0 fully saturated rings. The molecule has 1 amide bonds. The van der Waals surface area contributed by atoms with Crippen molar-refractivity contribution in [1.82, 2.24) is 20.4 Å². The smallest absolute Gasteiger partial charge is 0.308 e. The van der Waals surface area contributed by atoms with Crippen molar-refractivity contribution in [2.24, 2.45) is 0 Å². The van der Waals surface area contributed by atoms with Gasteiger partial charge in [-0.15, -0.1) is 10.2 Å². The second kappa shape index (κ2) is 6.25. The minimum atomic E-state index is -0.476. The predicted molar refractivity (Wildman–Crippen MR) is 70.6 cm³/mol. The number of halogens is 1. The fourth-order valence-electron chi connectivity index (χ4n) is 1.53. The van der Waals surface area contributed by atoms with E-state index in [1.807, 2.05) is 19.0 Å². The molecule has 2 aromatic rings. The Bertz CT molecular complexity index is 598. The van der Waals surface area contributed by atoms with Crippen LogP contribution in [0.3, 0.4) is 0 Å². The standard InChI is InChI=1S/C13H15FN4O2/c1-18(2)8-7-15-11(19)13-17-16-12(20-13)9-5-3-4-6-10(9)14/h3-6H,7-8H2,1-2H3,(H,15,19). The molecular formula is C13H15FN4O2. The second-order valence-corrected chi connectivity index (χ2v) is 4.45. The zero-order valence-electron chi connectivity index (χ0n) is 11.3. The normalized spacial score (nSPS) is 10.8. The molecule has 20 heavy (non-hydrogen) atoms. The molecule has 0 spiro atoms. The molecule has 1 aromatic heterocycles. The Morgan fingerprint density at radius 2 is 2.10 bits per heavy atom. The van der Waals surface area contributed by atoms with Crippen LogP contribution in [0.25, 0.3) is 11.5 Å². The maximum absolute atomic E-state index is 13.5. The largest absolute Gasteiger partial charge is 0.412 e. The van der Waals surface area contributed by atoms with Gasteiger partial charge in [0.15, 0.2) is 0 Å². The molecule has 6 nitrogen and oxygen atoms in total. The quantitative estimate of drug-likeness (QED) is 0.889. The summed E-state index contributed by atoms with van der Waals surface area (Å²) in [5, 5.41) is 9.95. The molecular weight excluding hydrogens is 263 g/mol. The zero-order valence-corrected chi connectivity index (χ0v) is 11.3. The Morgan fingerprint density at radius 3 is 2.80 bits per heavy atom. The first-order valence-corrected chi connectivity index (χ1v) is 6.09. The van der Waals surface area contributed by atoms with E-state index in [0.29, 0.717) is 13.1 Å². The van der Waals surface area contributed by atoms with E-state index in [2.05, 4.69) is 15.5 Å². The molecule has 0 unspecified atom stereocenters. The molecule has 2 rings (SSSR count). The van der Waals surface area contributed by atoms with E-state index >= 15 is 0 Å².